The molecule has 2 aromatic rings. The van der Waals surface area contributed by atoms with Gasteiger partial charge in [0.1, 0.15) is 11.5 Å². The van der Waals surface area contributed by atoms with E-state index in [4.69, 9.17) is 14.2 Å². The monoisotopic (exact) mass is 338 g/mol. The van der Waals surface area contributed by atoms with Crippen LogP contribution in [-0.2, 0) is 35.2 Å². The number of rotatable bonds is 8. The maximum Gasteiger partial charge on any atom is 0.131 e. The molecule has 25 heavy (non-hydrogen) atoms. The van der Waals surface area contributed by atoms with E-state index in [1.165, 1.54) is 22.3 Å². The summed E-state index contributed by atoms with van der Waals surface area (Å²) in [6.07, 6.45) is 4.61. The number of hydrogen-bond donors (Lipinski definition) is 0. The van der Waals surface area contributed by atoms with Crippen LogP contribution in [-0.4, -0.2) is 25.4 Å². The Morgan fingerprint density at radius 1 is 0.800 bits per heavy atom. The molecular weight excluding hydrogens is 312 g/mol. The predicted octanol–water partition coefficient (Wildman–Crippen LogP) is 4.49. The van der Waals surface area contributed by atoms with Gasteiger partial charge in [-0.3, -0.25) is 0 Å². The van der Waals surface area contributed by atoms with Gasteiger partial charge in [-0.2, -0.15) is 0 Å². The van der Waals surface area contributed by atoms with Gasteiger partial charge in [0.2, 0.25) is 0 Å². The summed E-state index contributed by atoms with van der Waals surface area (Å²) in [5, 5.41) is 0. The van der Waals surface area contributed by atoms with Crippen LogP contribution in [0.15, 0.2) is 36.4 Å². The van der Waals surface area contributed by atoms with Crippen LogP contribution < -0.4 is 4.74 Å². The lowest BCUT2D eigenvalue weighted by atomic mass is 9.98. The fraction of sp³-hybridized carbons (Fsp3) is 0.455. The molecular formula is C22H26O3. The highest BCUT2D eigenvalue weighted by Crippen LogP contribution is 2.35. The van der Waals surface area contributed by atoms with Crippen molar-refractivity contribution in [3.8, 4) is 11.5 Å². The molecule has 0 bridgehead atoms. The Kier molecular flexibility index (Phi) is 4.78. The summed E-state index contributed by atoms with van der Waals surface area (Å²) >= 11 is 0. The molecule has 3 heteroatoms. The topological polar surface area (TPSA) is 34.3 Å². The fourth-order valence-electron chi connectivity index (χ4n) is 3.48. The van der Waals surface area contributed by atoms with Crippen molar-refractivity contribution in [2.75, 3.05) is 13.2 Å². The molecule has 0 N–H and O–H groups in total. The zero-order chi connectivity index (χ0) is 17.2. The lowest BCUT2D eigenvalue weighted by Gasteiger charge is -2.18. The lowest BCUT2D eigenvalue weighted by molar-refractivity contribution is 0.397. The number of aryl methyl sites for hydroxylation is 2. The maximum atomic E-state index is 6.47. The Bertz CT molecular complexity index is 681. The highest BCUT2D eigenvalue weighted by atomic mass is 16.6. The van der Waals surface area contributed by atoms with Crippen molar-refractivity contribution < 1.29 is 14.2 Å². The first-order valence-electron chi connectivity index (χ1n) is 9.41. The minimum absolute atomic E-state index is 0.358. The highest BCUT2D eigenvalue weighted by Gasteiger charge is 2.27. The van der Waals surface area contributed by atoms with Crippen molar-refractivity contribution >= 4 is 0 Å². The van der Waals surface area contributed by atoms with Gasteiger partial charge < -0.3 is 14.2 Å². The van der Waals surface area contributed by atoms with E-state index in [-0.39, 0.29) is 0 Å². The zero-order valence-electron chi connectivity index (χ0n) is 15.1. The lowest BCUT2D eigenvalue weighted by Crippen LogP contribution is -2.05. The molecule has 0 saturated carbocycles. The second-order valence-corrected chi connectivity index (χ2v) is 6.92. The molecule has 0 aliphatic carbocycles. The first-order chi connectivity index (χ1) is 12.3. The summed E-state index contributed by atoms with van der Waals surface area (Å²) in [4.78, 5) is 0. The molecule has 2 aliphatic heterocycles. The smallest absolute Gasteiger partial charge is 0.131 e. The molecule has 2 heterocycles. The summed E-state index contributed by atoms with van der Waals surface area (Å²) < 4.78 is 17.4. The zero-order valence-corrected chi connectivity index (χ0v) is 15.1. The molecule has 0 amide bonds. The minimum Gasteiger partial charge on any atom is -0.457 e. The number of hydrogen-bond acceptors (Lipinski definition) is 3. The average molecular weight is 338 g/mol. The van der Waals surface area contributed by atoms with E-state index in [9.17, 15) is 0 Å². The fourth-order valence-corrected chi connectivity index (χ4v) is 3.48. The third-order valence-electron chi connectivity index (χ3n) is 5.11. The summed E-state index contributed by atoms with van der Waals surface area (Å²) in [5.74, 6) is 1.95. The van der Waals surface area contributed by atoms with Crippen LogP contribution in [0, 0.1) is 0 Å². The van der Waals surface area contributed by atoms with E-state index in [1.807, 2.05) is 0 Å². The van der Waals surface area contributed by atoms with E-state index in [1.54, 1.807) is 0 Å². The minimum atomic E-state index is 0.358. The van der Waals surface area contributed by atoms with Gasteiger partial charge >= 0.3 is 0 Å². The van der Waals surface area contributed by atoms with Crippen LogP contribution in [0.25, 0.3) is 0 Å². The third kappa shape index (κ3) is 3.88. The molecule has 2 atom stereocenters. The van der Waals surface area contributed by atoms with Gasteiger partial charge in [-0.05, 0) is 36.1 Å². The third-order valence-corrected chi connectivity index (χ3v) is 5.11. The Labute approximate surface area is 149 Å². The van der Waals surface area contributed by atoms with E-state index >= 15 is 0 Å². The molecule has 4 rings (SSSR count). The van der Waals surface area contributed by atoms with Crippen LogP contribution in [0.4, 0.5) is 0 Å². The molecule has 2 aliphatic rings. The van der Waals surface area contributed by atoms with E-state index in [0.29, 0.717) is 12.2 Å². The molecule has 132 valence electrons. The predicted molar refractivity (Wildman–Crippen MR) is 98.6 cm³/mol. The second kappa shape index (κ2) is 7.19. The Balaban J connectivity index is 1.67. The van der Waals surface area contributed by atoms with Crippen molar-refractivity contribution in [2.24, 2.45) is 0 Å². The molecule has 3 nitrogen and oxygen atoms in total. The van der Waals surface area contributed by atoms with Gasteiger partial charge in [-0.1, -0.05) is 38.1 Å². The summed E-state index contributed by atoms with van der Waals surface area (Å²) in [6.45, 7) is 6.13. The maximum absolute atomic E-state index is 6.47. The number of benzene rings is 2. The highest BCUT2D eigenvalue weighted by molar-refractivity contribution is 5.48. The van der Waals surface area contributed by atoms with Crippen LogP contribution in [0.1, 0.15) is 36.1 Å². The van der Waals surface area contributed by atoms with Crippen LogP contribution in [0.2, 0.25) is 0 Å². The normalized spacial score (nSPS) is 21.2. The Morgan fingerprint density at radius 2 is 1.24 bits per heavy atom. The SMILES string of the molecule is CCc1cccc(Oc2cccc(CC)c2CC2CO2)c1CC1CO1. The summed E-state index contributed by atoms with van der Waals surface area (Å²) in [6, 6.07) is 12.8. The van der Waals surface area contributed by atoms with Crippen LogP contribution in [0.5, 0.6) is 11.5 Å². The van der Waals surface area contributed by atoms with Crippen molar-refractivity contribution in [1.82, 2.24) is 0 Å². The molecule has 2 unspecified atom stereocenters. The number of ether oxygens (including phenoxy) is 3. The van der Waals surface area contributed by atoms with Gasteiger partial charge in [0.15, 0.2) is 0 Å². The molecule has 0 spiro atoms. The Morgan fingerprint density at radius 3 is 1.60 bits per heavy atom. The molecule has 0 radical (unpaired) electrons. The van der Waals surface area contributed by atoms with Crippen LogP contribution >= 0.6 is 0 Å². The molecule has 0 aromatic heterocycles. The van der Waals surface area contributed by atoms with E-state index < -0.39 is 0 Å². The standard InChI is InChI=1S/C22H26O3/c1-3-15-7-5-9-21(19(15)11-17-13-23-17)25-22-10-6-8-16(4-2)20(22)12-18-14-24-18/h5-10,17-18H,3-4,11-14H2,1-2H3. The van der Waals surface area contributed by atoms with Gasteiger partial charge in [-0.25, -0.2) is 0 Å². The van der Waals surface area contributed by atoms with Crippen molar-refractivity contribution in [1.29, 1.82) is 0 Å². The molecule has 2 aromatic carbocycles. The van der Waals surface area contributed by atoms with Crippen molar-refractivity contribution in [3.63, 3.8) is 0 Å². The van der Waals surface area contributed by atoms with Gasteiger partial charge in [0.05, 0.1) is 25.4 Å². The number of epoxide rings is 2. The van der Waals surface area contributed by atoms with E-state index in [2.05, 4.69) is 50.2 Å². The summed E-state index contributed by atoms with van der Waals surface area (Å²) in [7, 11) is 0. The first kappa shape index (κ1) is 16.6. The molecule has 2 saturated heterocycles. The largest absolute Gasteiger partial charge is 0.457 e. The summed E-state index contributed by atoms with van der Waals surface area (Å²) in [5.41, 5.74) is 5.30. The van der Waals surface area contributed by atoms with Gasteiger partial charge in [0, 0.05) is 24.0 Å². The van der Waals surface area contributed by atoms with Crippen molar-refractivity contribution in [2.45, 2.75) is 51.7 Å². The van der Waals surface area contributed by atoms with Crippen LogP contribution in [0.3, 0.4) is 0 Å². The average Bonchev–Trinajstić information content (AvgIpc) is 3.53. The second-order valence-electron chi connectivity index (χ2n) is 6.92. The van der Waals surface area contributed by atoms with Gasteiger partial charge in [0.25, 0.3) is 0 Å². The van der Waals surface area contributed by atoms with Gasteiger partial charge in [-0.15, -0.1) is 0 Å². The quantitative estimate of drug-likeness (QED) is 0.665. The van der Waals surface area contributed by atoms with Crippen molar-refractivity contribution in [3.05, 3.63) is 58.7 Å². The molecule has 2 fully saturated rings. The van der Waals surface area contributed by atoms with E-state index in [0.717, 1.165) is 50.4 Å². The Hall–Kier alpha value is -1.84. The first-order valence-corrected chi connectivity index (χ1v) is 9.41.